The van der Waals surface area contributed by atoms with Crippen LogP contribution in [0.3, 0.4) is 0 Å². The monoisotopic (exact) mass is 247 g/mol. The van der Waals surface area contributed by atoms with Crippen molar-refractivity contribution in [3.05, 3.63) is 29.8 Å². The van der Waals surface area contributed by atoms with E-state index in [9.17, 15) is 0 Å². The van der Waals surface area contributed by atoms with Crippen LogP contribution in [0.2, 0.25) is 0 Å². The minimum atomic E-state index is 0.690. The average molecular weight is 247 g/mol. The number of para-hydroxylation sites is 1. The van der Waals surface area contributed by atoms with E-state index in [1.807, 2.05) is 6.07 Å². The summed E-state index contributed by atoms with van der Waals surface area (Å²) in [5.74, 6) is 1.03. The molecule has 18 heavy (non-hydrogen) atoms. The molecule has 1 aromatic carbocycles. The van der Waals surface area contributed by atoms with E-state index in [0.717, 1.165) is 12.2 Å². The topological polar surface area (TPSA) is 21.3 Å². The Kier molecular flexibility index (Phi) is 5.53. The maximum atomic E-state index is 5.41. The van der Waals surface area contributed by atoms with E-state index >= 15 is 0 Å². The van der Waals surface area contributed by atoms with Crippen LogP contribution in [0.15, 0.2) is 24.3 Å². The van der Waals surface area contributed by atoms with Gasteiger partial charge in [0.2, 0.25) is 0 Å². The highest BCUT2D eigenvalue weighted by molar-refractivity contribution is 5.33. The Morgan fingerprint density at radius 3 is 2.89 bits per heavy atom. The number of benzene rings is 1. The summed E-state index contributed by atoms with van der Waals surface area (Å²) in [5.41, 5.74) is 1.34. The summed E-state index contributed by atoms with van der Waals surface area (Å²) in [4.78, 5) is 0. The van der Waals surface area contributed by atoms with E-state index in [1.165, 1.54) is 50.6 Å². The van der Waals surface area contributed by atoms with Crippen molar-refractivity contribution in [3.63, 3.8) is 0 Å². The maximum Gasteiger partial charge on any atom is 0.122 e. The second-order valence-electron chi connectivity index (χ2n) is 5.20. The highest BCUT2D eigenvalue weighted by Gasteiger charge is 2.11. The van der Waals surface area contributed by atoms with Gasteiger partial charge in [0.15, 0.2) is 0 Å². The summed E-state index contributed by atoms with van der Waals surface area (Å²) in [6, 6.07) is 9.07. The molecule has 100 valence electrons. The van der Waals surface area contributed by atoms with Gasteiger partial charge in [0, 0.05) is 6.04 Å². The van der Waals surface area contributed by atoms with Crippen molar-refractivity contribution in [1.82, 2.24) is 5.32 Å². The van der Waals surface area contributed by atoms with Crippen molar-refractivity contribution in [2.75, 3.05) is 13.7 Å². The molecule has 0 amide bonds. The molecule has 1 atom stereocenters. The Labute approximate surface area is 111 Å². The van der Waals surface area contributed by atoms with Gasteiger partial charge in [0.1, 0.15) is 5.75 Å². The number of hydrogen-bond acceptors (Lipinski definition) is 2. The summed E-state index contributed by atoms with van der Waals surface area (Å²) in [7, 11) is 1.76. The van der Waals surface area contributed by atoms with Gasteiger partial charge in [-0.2, -0.15) is 0 Å². The average Bonchev–Trinajstić information content (AvgIpc) is 2.38. The van der Waals surface area contributed by atoms with Gasteiger partial charge in [-0.05, 0) is 43.9 Å². The zero-order chi connectivity index (χ0) is 12.6. The first kappa shape index (κ1) is 13.4. The van der Waals surface area contributed by atoms with Crippen LogP contribution in [-0.2, 0) is 6.42 Å². The summed E-state index contributed by atoms with van der Waals surface area (Å²) in [6.45, 7) is 1.19. The molecule has 0 saturated carbocycles. The molecule has 1 aliphatic rings. The van der Waals surface area contributed by atoms with Crippen LogP contribution in [0.25, 0.3) is 0 Å². The molecule has 1 aliphatic heterocycles. The number of methoxy groups -OCH3 is 1. The normalized spacial score (nSPS) is 21.1. The van der Waals surface area contributed by atoms with Crippen LogP contribution in [0.4, 0.5) is 0 Å². The molecule has 0 aromatic heterocycles. The van der Waals surface area contributed by atoms with Crippen LogP contribution in [0.5, 0.6) is 5.75 Å². The number of aryl methyl sites for hydroxylation is 1. The van der Waals surface area contributed by atoms with Gasteiger partial charge in [-0.3, -0.25) is 0 Å². The van der Waals surface area contributed by atoms with Crippen LogP contribution >= 0.6 is 0 Å². The molecule has 1 saturated heterocycles. The number of hydrogen-bond donors (Lipinski definition) is 1. The molecule has 0 radical (unpaired) electrons. The van der Waals surface area contributed by atoms with Gasteiger partial charge in [-0.15, -0.1) is 0 Å². The molecule has 2 heteroatoms. The molecule has 1 heterocycles. The third-order valence-corrected chi connectivity index (χ3v) is 3.87. The Bertz CT molecular complexity index is 343. The summed E-state index contributed by atoms with van der Waals surface area (Å²) in [5, 5.41) is 3.69. The first-order valence-electron chi connectivity index (χ1n) is 7.25. The second kappa shape index (κ2) is 7.42. The first-order valence-corrected chi connectivity index (χ1v) is 7.25. The van der Waals surface area contributed by atoms with Gasteiger partial charge < -0.3 is 10.1 Å². The van der Waals surface area contributed by atoms with Crippen molar-refractivity contribution in [3.8, 4) is 5.75 Å². The third-order valence-electron chi connectivity index (χ3n) is 3.87. The summed E-state index contributed by atoms with van der Waals surface area (Å²) >= 11 is 0. The van der Waals surface area contributed by atoms with Crippen molar-refractivity contribution in [2.24, 2.45) is 0 Å². The molecule has 1 fully saturated rings. The van der Waals surface area contributed by atoms with Gasteiger partial charge in [0.05, 0.1) is 7.11 Å². The van der Waals surface area contributed by atoms with Crippen LogP contribution < -0.4 is 10.1 Å². The van der Waals surface area contributed by atoms with Crippen LogP contribution in [0, 0.1) is 0 Å². The van der Waals surface area contributed by atoms with Crippen LogP contribution in [0.1, 0.15) is 44.1 Å². The van der Waals surface area contributed by atoms with Crippen molar-refractivity contribution in [2.45, 2.75) is 51.0 Å². The Morgan fingerprint density at radius 1 is 1.17 bits per heavy atom. The third kappa shape index (κ3) is 4.02. The lowest BCUT2D eigenvalue weighted by Gasteiger charge is -2.21. The number of nitrogens with one attached hydrogen (secondary N) is 1. The zero-order valence-electron chi connectivity index (χ0n) is 11.5. The Balaban J connectivity index is 1.85. The lowest BCUT2D eigenvalue weighted by Crippen LogP contribution is -2.31. The highest BCUT2D eigenvalue weighted by Crippen LogP contribution is 2.21. The lowest BCUT2D eigenvalue weighted by atomic mass is 9.98. The fourth-order valence-corrected chi connectivity index (χ4v) is 2.76. The highest BCUT2D eigenvalue weighted by atomic mass is 16.5. The molecule has 0 bridgehead atoms. The predicted octanol–water partition coefficient (Wildman–Crippen LogP) is 3.55. The van der Waals surface area contributed by atoms with Gasteiger partial charge >= 0.3 is 0 Å². The largest absolute Gasteiger partial charge is 0.496 e. The quantitative estimate of drug-likeness (QED) is 0.878. The molecule has 1 aromatic rings. The van der Waals surface area contributed by atoms with E-state index in [-0.39, 0.29) is 0 Å². The van der Waals surface area contributed by atoms with Crippen molar-refractivity contribution < 1.29 is 4.74 Å². The fraction of sp³-hybridized carbons (Fsp3) is 0.625. The van der Waals surface area contributed by atoms with E-state index in [0.29, 0.717) is 6.04 Å². The molecule has 1 unspecified atom stereocenters. The maximum absolute atomic E-state index is 5.41. The molecular formula is C16H25NO. The van der Waals surface area contributed by atoms with Gasteiger partial charge in [-0.25, -0.2) is 0 Å². The SMILES string of the molecule is COc1ccccc1CCC1CCCCCCN1. The van der Waals surface area contributed by atoms with E-state index in [1.54, 1.807) is 7.11 Å². The van der Waals surface area contributed by atoms with Crippen molar-refractivity contribution in [1.29, 1.82) is 0 Å². The van der Waals surface area contributed by atoms with Crippen LogP contribution in [-0.4, -0.2) is 19.7 Å². The van der Waals surface area contributed by atoms with E-state index in [2.05, 4.69) is 23.5 Å². The van der Waals surface area contributed by atoms with Gasteiger partial charge in [0.25, 0.3) is 0 Å². The minimum Gasteiger partial charge on any atom is -0.496 e. The first-order chi connectivity index (χ1) is 8.90. The van der Waals surface area contributed by atoms with E-state index in [4.69, 9.17) is 4.74 Å². The second-order valence-corrected chi connectivity index (χ2v) is 5.20. The molecule has 1 N–H and O–H groups in total. The molecule has 2 nitrogen and oxygen atoms in total. The lowest BCUT2D eigenvalue weighted by molar-refractivity contribution is 0.389. The minimum absolute atomic E-state index is 0.690. The Hall–Kier alpha value is -1.02. The van der Waals surface area contributed by atoms with E-state index < -0.39 is 0 Å². The Morgan fingerprint density at radius 2 is 2.00 bits per heavy atom. The number of rotatable bonds is 4. The summed E-state index contributed by atoms with van der Waals surface area (Å²) < 4.78 is 5.41. The summed E-state index contributed by atoms with van der Waals surface area (Å²) in [6.07, 6.45) is 9.19. The fourth-order valence-electron chi connectivity index (χ4n) is 2.76. The molecule has 0 spiro atoms. The standard InChI is InChI=1S/C16H25NO/c1-18-16-10-6-5-8-14(16)11-12-15-9-4-2-3-7-13-17-15/h5-6,8,10,15,17H,2-4,7,9,11-13H2,1H3. The zero-order valence-corrected chi connectivity index (χ0v) is 11.5. The molecule has 0 aliphatic carbocycles. The number of ether oxygens (including phenoxy) is 1. The van der Waals surface area contributed by atoms with Crippen molar-refractivity contribution >= 4 is 0 Å². The predicted molar refractivity (Wildman–Crippen MR) is 76.2 cm³/mol. The molecule has 2 rings (SSSR count). The van der Waals surface area contributed by atoms with Gasteiger partial charge in [-0.1, -0.05) is 37.5 Å². The smallest absolute Gasteiger partial charge is 0.122 e. The molecular weight excluding hydrogens is 222 g/mol.